The van der Waals surface area contributed by atoms with Gasteiger partial charge in [0.25, 0.3) is 0 Å². The first-order valence-electron chi connectivity index (χ1n) is 7.26. The second-order valence-electron chi connectivity index (χ2n) is 5.25. The molecule has 2 aromatic heterocycles. The van der Waals surface area contributed by atoms with E-state index in [1.165, 1.54) is 0 Å². The molecule has 0 saturated heterocycles. The molecule has 2 heterocycles. The van der Waals surface area contributed by atoms with Crippen molar-refractivity contribution in [1.82, 2.24) is 15.0 Å². The molecule has 5 heteroatoms. The van der Waals surface area contributed by atoms with Gasteiger partial charge in [-0.1, -0.05) is 41.6 Å². The van der Waals surface area contributed by atoms with Crippen LogP contribution >= 0.6 is 0 Å². The Kier molecular flexibility index (Phi) is 3.24. The van der Waals surface area contributed by atoms with Crippen LogP contribution in [0.15, 0.2) is 65.1 Å². The summed E-state index contributed by atoms with van der Waals surface area (Å²) in [6.45, 7) is 0.651. The Labute approximate surface area is 132 Å². The molecule has 0 radical (unpaired) electrons. The minimum absolute atomic E-state index is 0.332. The lowest BCUT2D eigenvalue weighted by Crippen LogP contribution is -2.01. The van der Waals surface area contributed by atoms with E-state index in [-0.39, 0.29) is 0 Å². The number of para-hydroxylation sites is 1. The number of furan rings is 1. The third-order valence-electron chi connectivity index (χ3n) is 3.73. The molecule has 0 N–H and O–H groups in total. The molecule has 23 heavy (non-hydrogen) atoms. The van der Waals surface area contributed by atoms with Gasteiger partial charge >= 0.3 is 0 Å². The van der Waals surface area contributed by atoms with Crippen LogP contribution in [0.3, 0.4) is 0 Å². The van der Waals surface area contributed by atoms with Crippen molar-refractivity contribution in [3.8, 4) is 11.3 Å². The van der Waals surface area contributed by atoms with Gasteiger partial charge in [-0.05, 0) is 29.8 Å². The van der Waals surface area contributed by atoms with Gasteiger partial charge in [-0.15, -0.1) is 5.10 Å². The van der Waals surface area contributed by atoms with E-state index in [0.717, 1.165) is 22.2 Å². The topological polar surface area (TPSA) is 60.9 Å². The lowest BCUT2D eigenvalue weighted by Gasteiger charge is -2.04. The zero-order valence-corrected chi connectivity index (χ0v) is 12.2. The summed E-state index contributed by atoms with van der Waals surface area (Å²) < 4.78 is 7.30. The van der Waals surface area contributed by atoms with Crippen LogP contribution in [0.4, 0.5) is 0 Å². The summed E-state index contributed by atoms with van der Waals surface area (Å²) in [5.74, 6) is 1.02. The number of rotatable bonds is 4. The van der Waals surface area contributed by atoms with Gasteiger partial charge in [-0.3, -0.25) is 4.79 Å². The first-order chi connectivity index (χ1) is 11.3. The third kappa shape index (κ3) is 2.53. The van der Waals surface area contributed by atoms with Crippen LogP contribution < -0.4 is 0 Å². The summed E-state index contributed by atoms with van der Waals surface area (Å²) >= 11 is 0. The number of hydrogen-bond donors (Lipinski definition) is 0. The van der Waals surface area contributed by atoms with Crippen molar-refractivity contribution in [2.75, 3.05) is 0 Å². The van der Waals surface area contributed by atoms with E-state index in [9.17, 15) is 4.79 Å². The van der Waals surface area contributed by atoms with Gasteiger partial charge in [0.15, 0.2) is 12.0 Å². The van der Waals surface area contributed by atoms with Gasteiger partial charge in [0.2, 0.25) is 0 Å². The smallest absolute Gasteiger partial charge is 0.185 e. The monoisotopic (exact) mass is 303 g/mol. The Balaban J connectivity index is 1.59. The van der Waals surface area contributed by atoms with Gasteiger partial charge in [0.05, 0.1) is 12.1 Å². The van der Waals surface area contributed by atoms with E-state index in [1.54, 1.807) is 12.1 Å². The molecule has 5 nitrogen and oxygen atoms in total. The van der Waals surface area contributed by atoms with E-state index in [0.29, 0.717) is 24.4 Å². The predicted molar refractivity (Wildman–Crippen MR) is 86.2 cm³/mol. The van der Waals surface area contributed by atoms with E-state index in [2.05, 4.69) is 10.3 Å². The number of carbonyl (C=O) groups excluding carboxylic acids is 1. The van der Waals surface area contributed by atoms with Crippen molar-refractivity contribution in [1.29, 1.82) is 0 Å². The Morgan fingerprint density at radius 1 is 1.00 bits per heavy atom. The Morgan fingerprint density at radius 3 is 2.61 bits per heavy atom. The molecular weight excluding hydrogens is 290 g/mol. The predicted octanol–water partition coefficient (Wildman–Crippen LogP) is 3.55. The Hall–Kier alpha value is -3.21. The molecule has 0 unspecified atom stereocenters. The number of carbonyl (C=O) groups is 1. The molecule has 0 saturated carbocycles. The van der Waals surface area contributed by atoms with Crippen molar-refractivity contribution in [3.05, 3.63) is 72.0 Å². The molecule has 0 fully saturated rings. The summed E-state index contributed by atoms with van der Waals surface area (Å²) in [4.78, 5) is 10.7. The number of nitrogens with zero attached hydrogens (tertiary/aromatic N) is 3. The lowest BCUT2D eigenvalue weighted by molar-refractivity contribution is 0.110. The molecule has 0 atom stereocenters. The summed E-state index contributed by atoms with van der Waals surface area (Å²) in [5, 5.41) is 8.35. The molecule has 0 aliphatic rings. The van der Waals surface area contributed by atoms with Gasteiger partial charge in [-0.2, -0.15) is 0 Å². The molecule has 0 aliphatic carbocycles. The van der Waals surface area contributed by atoms with Crippen LogP contribution in [0, 0.1) is 0 Å². The van der Waals surface area contributed by atoms with Gasteiger partial charge in [0, 0.05) is 5.56 Å². The fourth-order valence-electron chi connectivity index (χ4n) is 2.55. The van der Waals surface area contributed by atoms with Crippen molar-refractivity contribution in [3.63, 3.8) is 0 Å². The van der Waals surface area contributed by atoms with Crippen molar-refractivity contribution >= 4 is 17.3 Å². The standard InChI is InChI=1S/C18H13N3O2/c22-12-15-9-10-18(23-15)14-7-5-13(6-8-14)11-21-17-4-2-1-3-16(17)19-20-21/h1-10,12H,11H2. The van der Waals surface area contributed by atoms with Crippen LogP contribution in [0.5, 0.6) is 0 Å². The molecular formula is C18H13N3O2. The second kappa shape index (κ2) is 5.53. The molecule has 4 rings (SSSR count). The maximum atomic E-state index is 10.7. The van der Waals surface area contributed by atoms with E-state index < -0.39 is 0 Å². The first-order valence-corrected chi connectivity index (χ1v) is 7.26. The number of benzene rings is 2. The van der Waals surface area contributed by atoms with E-state index in [4.69, 9.17) is 4.42 Å². The molecule has 0 amide bonds. The number of aldehydes is 1. The van der Waals surface area contributed by atoms with Crippen LogP contribution in [-0.2, 0) is 6.54 Å². The zero-order valence-electron chi connectivity index (χ0n) is 12.2. The Morgan fingerprint density at radius 2 is 1.83 bits per heavy atom. The van der Waals surface area contributed by atoms with Crippen molar-refractivity contribution in [2.45, 2.75) is 6.54 Å². The number of fused-ring (bicyclic) bond motifs is 1. The molecule has 0 bridgehead atoms. The molecule has 4 aromatic rings. The molecule has 112 valence electrons. The highest BCUT2D eigenvalue weighted by Crippen LogP contribution is 2.22. The van der Waals surface area contributed by atoms with Crippen molar-refractivity contribution < 1.29 is 9.21 Å². The highest BCUT2D eigenvalue weighted by molar-refractivity contribution is 5.74. The maximum absolute atomic E-state index is 10.7. The fraction of sp³-hybridized carbons (Fsp3) is 0.0556. The largest absolute Gasteiger partial charge is 0.453 e. The minimum Gasteiger partial charge on any atom is -0.453 e. The van der Waals surface area contributed by atoms with Crippen molar-refractivity contribution in [2.24, 2.45) is 0 Å². The van der Waals surface area contributed by atoms with Gasteiger partial charge < -0.3 is 4.42 Å². The maximum Gasteiger partial charge on any atom is 0.185 e. The summed E-state index contributed by atoms with van der Waals surface area (Å²) in [5.41, 5.74) is 3.95. The summed E-state index contributed by atoms with van der Waals surface area (Å²) in [6, 6.07) is 19.3. The SMILES string of the molecule is O=Cc1ccc(-c2ccc(Cn3nnc4ccccc43)cc2)o1. The average Bonchev–Trinajstić information content (AvgIpc) is 3.23. The minimum atomic E-state index is 0.332. The third-order valence-corrected chi connectivity index (χ3v) is 3.73. The molecule has 2 aromatic carbocycles. The molecule has 0 aliphatic heterocycles. The second-order valence-corrected chi connectivity index (χ2v) is 5.25. The zero-order chi connectivity index (χ0) is 15.6. The van der Waals surface area contributed by atoms with Crippen LogP contribution in [-0.4, -0.2) is 21.3 Å². The first kappa shape index (κ1) is 13.5. The van der Waals surface area contributed by atoms with Crippen LogP contribution in [0.2, 0.25) is 0 Å². The molecule has 0 spiro atoms. The van der Waals surface area contributed by atoms with Crippen LogP contribution in [0.25, 0.3) is 22.4 Å². The highest BCUT2D eigenvalue weighted by Gasteiger charge is 2.06. The highest BCUT2D eigenvalue weighted by atomic mass is 16.3. The Bertz CT molecular complexity index is 967. The number of aromatic nitrogens is 3. The van der Waals surface area contributed by atoms with E-state index in [1.807, 2.05) is 53.2 Å². The summed E-state index contributed by atoms with van der Waals surface area (Å²) in [7, 11) is 0. The average molecular weight is 303 g/mol. The van der Waals surface area contributed by atoms with Crippen LogP contribution in [0.1, 0.15) is 16.1 Å². The van der Waals surface area contributed by atoms with Gasteiger partial charge in [0.1, 0.15) is 11.3 Å². The fourth-order valence-corrected chi connectivity index (χ4v) is 2.55. The normalized spacial score (nSPS) is 11.0. The number of hydrogen-bond acceptors (Lipinski definition) is 4. The summed E-state index contributed by atoms with van der Waals surface area (Å²) in [6.07, 6.45) is 0.702. The lowest BCUT2D eigenvalue weighted by atomic mass is 10.1. The van der Waals surface area contributed by atoms with E-state index >= 15 is 0 Å². The quantitative estimate of drug-likeness (QED) is 0.541. The van der Waals surface area contributed by atoms with Gasteiger partial charge in [-0.25, -0.2) is 4.68 Å².